The Labute approximate surface area is 73.3 Å². The number of aromatic amines is 1. The fraction of sp³-hybridized carbons (Fsp3) is 0. The number of hydrogen-bond donors (Lipinski definition) is 2. The van der Waals surface area contributed by atoms with E-state index in [1.807, 2.05) is 0 Å². The molecule has 2 rings (SSSR count). The van der Waals surface area contributed by atoms with Crippen LogP contribution in [0.3, 0.4) is 0 Å². The van der Waals surface area contributed by atoms with E-state index in [4.69, 9.17) is 21.8 Å². The van der Waals surface area contributed by atoms with Gasteiger partial charge in [-0.3, -0.25) is 5.10 Å². The molecule has 0 amide bonds. The van der Waals surface area contributed by atoms with Gasteiger partial charge in [-0.25, -0.2) is 0 Å². The zero-order valence-corrected chi connectivity index (χ0v) is 6.80. The second-order valence-electron chi connectivity index (χ2n) is 2.30. The van der Waals surface area contributed by atoms with Gasteiger partial charge in [0.25, 0.3) is 0 Å². The van der Waals surface area contributed by atoms with Crippen LogP contribution in [0.4, 0.5) is 5.69 Å². The monoisotopic (exact) mass is 183 g/mol. The van der Waals surface area contributed by atoms with Crippen LogP contribution in [0, 0.1) is 0 Å². The number of halogens is 1. The van der Waals surface area contributed by atoms with Gasteiger partial charge in [-0.1, -0.05) is 0 Å². The number of nitrogens with one attached hydrogen (secondary N) is 1. The number of furan rings is 1. The number of nitrogen functional groups attached to an aromatic ring is 1. The molecule has 0 bridgehead atoms. The minimum Gasteiger partial charge on any atom is -0.443 e. The largest absolute Gasteiger partial charge is 0.443 e. The smallest absolute Gasteiger partial charge is 0.194 e. The van der Waals surface area contributed by atoms with Crippen LogP contribution in [0.25, 0.3) is 11.5 Å². The Balaban J connectivity index is 2.50. The number of H-pyrrole nitrogens is 1. The van der Waals surface area contributed by atoms with Crippen molar-refractivity contribution in [1.82, 2.24) is 10.2 Å². The second-order valence-corrected chi connectivity index (χ2v) is 2.68. The molecule has 2 aromatic rings. The van der Waals surface area contributed by atoms with Crippen LogP contribution in [0.15, 0.2) is 22.7 Å². The number of nitrogens with zero attached hydrogens (tertiary/aromatic N) is 1. The summed E-state index contributed by atoms with van der Waals surface area (Å²) in [5.74, 6) is 0.593. The number of rotatable bonds is 1. The Bertz CT molecular complexity index is 393. The zero-order chi connectivity index (χ0) is 8.55. The highest BCUT2D eigenvalue weighted by Gasteiger charge is 2.08. The third-order valence-corrected chi connectivity index (χ3v) is 1.69. The average Bonchev–Trinajstić information content (AvgIpc) is 2.58. The predicted molar refractivity (Wildman–Crippen MR) is 45.7 cm³/mol. The Morgan fingerprint density at radius 1 is 1.50 bits per heavy atom. The van der Waals surface area contributed by atoms with Crippen LogP contribution in [0.5, 0.6) is 0 Å². The van der Waals surface area contributed by atoms with E-state index in [-0.39, 0.29) is 0 Å². The summed E-state index contributed by atoms with van der Waals surface area (Å²) in [6.07, 6.45) is 1.52. The second kappa shape index (κ2) is 2.57. The molecule has 3 N–H and O–H groups in total. The van der Waals surface area contributed by atoms with Gasteiger partial charge in [0.2, 0.25) is 0 Å². The lowest BCUT2D eigenvalue weighted by atomic mass is 10.3. The molecule has 5 heteroatoms. The van der Waals surface area contributed by atoms with Crippen molar-refractivity contribution in [3.8, 4) is 11.5 Å². The SMILES string of the molecule is Nc1cn[nH]c1-c1ccc(Cl)o1. The summed E-state index contributed by atoms with van der Waals surface area (Å²) in [6.45, 7) is 0. The fourth-order valence-corrected chi connectivity index (χ4v) is 1.09. The number of aromatic nitrogens is 2. The Hall–Kier alpha value is -1.42. The van der Waals surface area contributed by atoms with Gasteiger partial charge >= 0.3 is 0 Å². The minimum absolute atomic E-state index is 0.332. The molecule has 0 saturated carbocycles. The van der Waals surface area contributed by atoms with Crippen molar-refractivity contribution in [2.75, 3.05) is 5.73 Å². The molecule has 2 heterocycles. The van der Waals surface area contributed by atoms with E-state index in [0.717, 1.165) is 0 Å². The minimum atomic E-state index is 0.332. The molecule has 0 fully saturated rings. The maximum Gasteiger partial charge on any atom is 0.194 e. The molecule has 0 aromatic carbocycles. The zero-order valence-electron chi connectivity index (χ0n) is 6.04. The van der Waals surface area contributed by atoms with E-state index < -0.39 is 0 Å². The van der Waals surface area contributed by atoms with E-state index >= 15 is 0 Å². The molecular formula is C7H6ClN3O. The average molecular weight is 184 g/mol. The van der Waals surface area contributed by atoms with Crippen molar-refractivity contribution in [3.05, 3.63) is 23.5 Å². The maximum atomic E-state index is 5.59. The van der Waals surface area contributed by atoms with Crippen molar-refractivity contribution in [2.45, 2.75) is 0 Å². The van der Waals surface area contributed by atoms with Gasteiger partial charge in [-0.05, 0) is 23.7 Å². The maximum absolute atomic E-state index is 5.59. The normalized spacial score (nSPS) is 10.4. The summed E-state index contributed by atoms with van der Waals surface area (Å²) in [7, 11) is 0. The van der Waals surface area contributed by atoms with Crippen LogP contribution in [0.1, 0.15) is 0 Å². The van der Waals surface area contributed by atoms with E-state index in [1.54, 1.807) is 12.1 Å². The van der Waals surface area contributed by atoms with Gasteiger partial charge in [0, 0.05) is 0 Å². The van der Waals surface area contributed by atoms with Crippen molar-refractivity contribution >= 4 is 17.3 Å². The van der Waals surface area contributed by atoms with Gasteiger partial charge in [0.05, 0.1) is 11.9 Å². The fourth-order valence-electron chi connectivity index (χ4n) is 0.941. The van der Waals surface area contributed by atoms with Crippen molar-refractivity contribution in [3.63, 3.8) is 0 Å². The lowest BCUT2D eigenvalue weighted by Crippen LogP contribution is -1.84. The topological polar surface area (TPSA) is 67.8 Å². The van der Waals surface area contributed by atoms with Gasteiger partial charge in [-0.15, -0.1) is 0 Å². The number of nitrogens with two attached hydrogens (primary N) is 1. The lowest BCUT2D eigenvalue weighted by molar-refractivity contribution is 0.582. The van der Waals surface area contributed by atoms with Crippen molar-refractivity contribution in [2.24, 2.45) is 0 Å². The Morgan fingerprint density at radius 2 is 2.33 bits per heavy atom. The summed E-state index contributed by atoms with van der Waals surface area (Å²) in [5.41, 5.74) is 6.78. The highest BCUT2D eigenvalue weighted by molar-refractivity contribution is 6.29. The predicted octanol–water partition coefficient (Wildman–Crippen LogP) is 1.91. The first kappa shape index (κ1) is 7.24. The van der Waals surface area contributed by atoms with Crippen LogP contribution in [-0.4, -0.2) is 10.2 Å². The highest BCUT2D eigenvalue weighted by Crippen LogP contribution is 2.26. The molecule has 0 radical (unpaired) electrons. The third-order valence-electron chi connectivity index (χ3n) is 1.49. The van der Waals surface area contributed by atoms with E-state index in [0.29, 0.717) is 22.4 Å². The van der Waals surface area contributed by atoms with Gasteiger partial charge in [0.15, 0.2) is 11.0 Å². The molecule has 0 aliphatic rings. The molecule has 62 valence electrons. The molecule has 0 saturated heterocycles. The molecule has 0 aliphatic carbocycles. The molecule has 0 aliphatic heterocycles. The summed E-state index contributed by atoms with van der Waals surface area (Å²) in [5, 5.41) is 6.79. The first-order valence-corrected chi connectivity index (χ1v) is 3.70. The van der Waals surface area contributed by atoms with Crippen molar-refractivity contribution in [1.29, 1.82) is 0 Å². The Kier molecular flexibility index (Phi) is 1.55. The molecule has 12 heavy (non-hydrogen) atoms. The van der Waals surface area contributed by atoms with Crippen LogP contribution >= 0.6 is 11.6 Å². The number of hydrogen-bond acceptors (Lipinski definition) is 3. The summed E-state index contributed by atoms with van der Waals surface area (Å²) in [4.78, 5) is 0. The highest BCUT2D eigenvalue weighted by atomic mass is 35.5. The van der Waals surface area contributed by atoms with E-state index in [9.17, 15) is 0 Å². The number of anilines is 1. The van der Waals surface area contributed by atoms with E-state index in [1.165, 1.54) is 6.20 Å². The quantitative estimate of drug-likeness (QED) is 0.710. The molecule has 0 atom stereocenters. The molecule has 0 spiro atoms. The molecule has 4 nitrogen and oxygen atoms in total. The molecule has 2 aromatic heterocycles. The lowest BCUT2D eigenvalue weighted by Gasteiger charge is -1.91. The van der Waals surface area contributed by atoms with E-state index in [2.05, 4.69) is 10.2 Å². The molecule has 0 unspecified atom stereocenters. The first-order chi connectivity index (χ1) is 5.77. The van der Waals surface area contributed by atoms with Crippen LogP contribution < -0.4 is 5.73 Å². The van der Waals surface area contributed by atoms with Gasteiger partial charge in [0.1, 0.15) is 5.69 Å². The summed E-state index contributed by atoms with van der Waals surface area (Å²) < 4.78 is 5.12. The van der Waals surface area contributed by atoms with Gasteiger partial charge in [-0.2, -0.15) is 5.10 Å². The molecular weight excluding hydrogens is 178 g/mol. The summed E-state index contributed by atoms with van der Waals surface area (Å²) in [6, 6.07) is 3.38. The third kappa shape index (κ3) is 1.06. The first-order valence-electron chi connectivity index (χ1n) is 3.32. The van der Waals surface area contributed by atoms with Gasteiger partial charge < -0.3 is 10.2 Å². The van der Waals surface area contributed by atoms with Crippen LogP contribution in [-0.2, 0) is 0 Å². The Morgan fingerprint density at radius 3 is 2.83 bits per heavy atom. The van der Waals surface area contributed by atoms with Crippen LogP contribution in [0.2, 0.25) is 5.22 Å². The standard InChI is InChI=1S/C7H6ClN3O/c8-6-2-1-5(12-6)7-4(9)3-10-11-7/h1-3H,9H2,(H,10,11). The summed E-state index contributed by atoms with van der Waals surface area (Å²) >= 11 is 5.59. The van der Waals surface area contributed by atoms with Crippen molar-refractivity contribution < 1.29 is 4.42 Å².